The van der Waals surface area contributed by atoms with E-state index in [2.05, 4.69) is 0 Å². The molecule has 0 aliphatic carbocycles. The summed E-state index contributed by atoms with van der Waals surface area (Å²) >= 11 is 0. The normalized spacial score (nSPS) is 10.8. The Balaban J connectivity index is 2.06. The molecule has 0 N–H and O–H groups in total. The number of nitrogens with zero attached hydrogens (tertiary/aromatic N) is 1. The lowest BCUT2D eigenvalue weighted by atomic mass is 9.98. The summed E-state index contributed by atoms with van der Waals surface area (Å²) in [5.41, 5.74) is 3.95. The molecule has 0 amide bonds. The highest BCUT2D eigenvalue weighted by atomic mass is 16.6. The van der Waals surface area contributed by atoms with Gasteiger partial charge in [-0.15, -0.1) is 0 Å². The summed E-state index contributed by atoms with van der Waals surface area (Å²) < 4.78 is 0. The Morgan fingerprint density at radius 2 is 1.43 bits per heavy atom. The molecule has 0 atom stereocenters. The minimum atomic E-state index is -0.364. The number of benzene rings is 3. The topological polar surface area (TPSA) is 43.1 Å². The Morgan fingerprint density at radius 1 is 0.783 bits per heavy atom. The summed E-state index contributed by atoms with van der Waals surface area (Å²) in [5, 5.41) is 11.1. The monoisotopic (exact) mass is 301 g/mol. The smallest absolute Gasteiger partial charge is 0.258 e. The predicted octanol–water partition coefficient (Wildman–Crippen LogP) is 5.43. The molecule has 0 saturated carbocycles. The van der Waals surface area contributed by atoms with E-state index in [4.69, 9.17) is 0 Å². The van der Waals surface area contributed by atoms with E-state index in [1.54, 1.807) is 12.1 Å². The van der Waals surface area contributed by atoms with E-state index < -0.39 is 0 Å². The van der Waals surface area contributed by atoms with Crippen molar-refractivity contribution in [3.8, 4) is 11.1 Å². The highest BCUT2D eigenvalue weighted by molar-refractivity contribution is 5.82. The summed E-state index contributed by atoms with van der Waals surface area (Å²) in [4.78, 5) is 10.7. The van der Waals surface area contributed by atoms with Crippen LogP contribution >= 0.6 is 0 Å². The van der Waals surface area contributed by atoms with Gasteiger partial charge in [0.05, 0.1) is 4.92 Å². The SMILES string of the molecule is O=[N+]([O-])c1ccc(/C=C\c2ccccc2)c(-c2ccccc2)c1. The van der Waals surface area contributed by atoms with Crippen molar-refractivity contribution in [1.29, 1.82) is 0 Å². The van der Waals surface area contributed by atoms with Crippen molar-refractivity contribution in [2.24, 2.45) is 0 Å². The van der Waals surface area contributed by atoms with Crippen molar-refractivity contribution in [3.05, 3.63) is 100 Å². The second kappa shape index (κ2) is 6.71. The lowest BCUT2D eigenvalue weighted by Gasteiger charge is -2.06. The van der Waals surface area contributed by atoms with Crippen LogP contribution in [-0.4, -0.2) is 4.92 Å². The number of nitro benzene ring substituents is 1. The van der Waals surface area contributed by atoms with Crippen molar-refractivity contribution in [2.75, 3.05) is 0 Å². The molecule has 0 heterocycles. The maximum absolute atomic E-state index is 11.1. The van der Waals surface area contributed by atoms with Crippen LogP contribution in [0.4, 0.5) is 5.69 Å². The van der Waals surface area contributed by atoms with Gasteiger partial charge in [-0.05, 0) is 28.3 Å². The molecule has 0 aliphatic rings. The molecule has 0 aromatic heterocycles. The quantitative estimate of drug-likeness (QED) is 0.366. The molecule has 3 heteroatoms. The van der Waals surface area contributed by atoms with Gasteiger partial charge in [0, 0.05) is 12.1 Å². The molecule has 3 aromatic carbocycles. The molecule has 3 aromatic rings. The van der Waals surface area contributed by atoms with Crippen LogP contribution in [0.1, 0.15) is 11.1 Å². The van der Waals surface area contributed by atoms with Gasteiger partial charge < -0.3 is 0 Å². The zero-order valence-electron chi connectivity index (χ0n) is 12.4. The van der Waals surface area contributed by atoms with Crippen LogP contribution in [-0.2, 0) is 0 Å². The second-order valence-corrected chi connectivity index (χ2v) is 5.14. The summed E-state index contributed by atoms with van der Waals surface area (Å²) in [6.45, 7) is 0. The van der Waals surface area contributed by atoms with Crippen LogP contribution < -0.4 is 0 Å². The molecule has 0 aliphatic heterocycles. The minimum absolute atomic E-state index is 0.0979. The first-order valence-electron chi connectivity index (χ1n) is 7.31. The fourth-order valence-electron chi connectivity index (χ4n) is 2.42. The average molecular weight is 301 g/mol. The molecule has 0 saturated heterocycles. The molecule has 112 valence electrons. The molecule has 23 heavy (non-hydrogen) atoms. The first kappa shape index (κ1) is 14.7. The van der Waals surface area contributed by atoms with Crippen molar-refractivity contribution in [1.82, 2.24) is 0 Å². The van der Waals surface area contributed by atoms with Gasteiger partial charge in [0.25, 0.3) is 5.69 Å². The number of rotatable bonds is 4. The zero-order chi connectivity index (χ0) is 16.1. The summed E-state index contributed by atoms with van der Waals surface area (Å²) in [6.07, 6.45) is 4.00. The third-order valence-corrected chi connectivity index (χ3v) is 3.59. The first-order chi connectivity index (χ1) is 11.2. The standard InChI is InChI=1S/C20H15NO2/c22-21(23)19-14-13-18(12-11-16-7-3-1-4-8-16)20(15-19)17-9-5-2-6-10-17/h1-15H/b12-11-. The largest absolute Gasteiger partial charge is 0.270 e. The number of nitro groups is 1. The van der Waals surface area contributed by atoms with E-state index in [1.807, 2.05) is 72.8 Å². The van der Waals surface area contributed by atoms with Crippen LogP contribution in [0.25, 0.3) is 23.3 Å². The van der Waals surface area contributed by atoms with E-state index in [0.717, 1.165) is 22.3 Å². The molecule has 0 radical (unpaired) electrons. The van der Waals surface area contributed by atoms with Gasteiger partial charge in [-0.1, -0.05) is 72.8 Å². The molecule has 0 fully saturated rings. The van der Waals surface area contributed by atoms with Gasteiger partial charge in [-0.25, -0.2) is 0 Å². The van der Waals surface area contributed by atoms with Crippen LogP contribution in [0.5, 0.6) is 0 Å². The average Bonchev–Trinajstić information content (AvgIpc) is 2.61. The van der Waals surface area contributed by atoms with Crippen molar-refractivity contribution >= 4 is 17.8 Å². The van der Waals surface area contributed by atoms with E-state index in [9.17, 15) is 10.1 Å². The Bertz CT molecular complexity index is 840. The van der Waals surface area contributed by atoms with Gasteiger partial charge in [0.15, 0.2) is 0 Å². The third-order valence-electron chi connectivity index (χ3n) is 3.59. The Kier molecular flexibility index (Phi) is 4.29. The van der Waals surface area contributed by atoms with Crippen LogP contribution in [0.2, 0.25) is 0 Å². The van der Waals surface area contributed by atoms with Gasteiger partial charge in [0.2, 0.25) is 0 Å². The Labute approximate surface area is 134 Å². The number of hydrogen-bond donors (Lipinski definition) is 0. The van der Waals surface area contributed by atoms with Crippen LogP contribution in [0.15, 0.2) is 78.9 Å². The van der Waals surface area contributed by atoms with Gasteiger partial charge in [0.1, 0.15) is 0 Å². The van der Waals surface area contributed by atoms with Crippen molar-refractivity contribution in [3.63, 3.8) is 0 Å². The van der Waals surface area contributed by atoms with E-state index >= 15 is 0 Å². The van der Waals surface area contributed by atoms with E-state index in [0.29, 0.717) is 0 Å². The molecule has 3 nitrogen and oxygen atoms in total. The first-order valence-corrected chi connectivity index (χ1v) is 7.31. The Hall–Kier alpha value is -3.20. The minimum Gasteiger partial charge on any atom is -0.258 e. The lowest BCUT2D eigenvalue weighted by Crippen LogP contribution is -1.90. The fraction of sp³-hybridized carbons (Fsp3) is 0. The van der Waals surface area contributed by atoms with Gasteiger partial charge >= 0.3 is 0 Å². The molecule has 0 bridgehead atoms. The molecule has 3 rings (SSSR count). The van der Waals surface area contributed by atoms with Gasteiger partial charge in [-0.2, -0.15) is 0 Å². The predicted molar refractivity (Wildman–Crippen MR) is 93.9 cm³/mol. The zero-order valence-corrected chi connectivity index (χ0v) is 12.4. The maximum Gasteiger partial charge on any atom is 0.270 e. The maximum atomic E-state index is 11.1. The van der Waals surface area contributed by atoms with Crippen molar-refractivity contribution in [2.45, 2.75) is 0 Å². The third kappa shape index (κ3) is 3.52. The van der Waals surface area contributed by atoms with Gasteiger partial charge in [-0.3, -0.25) is 10.1 Å². The summed E-state index contributed by atoms with van der Waals surface area (Å²) in [5.74, 6) is 0. The number of hydrogen-bond acceptors (Lipinski definition) is 2. The highest BCUT2D eigenvalue weighted by Crippen LogP contribution is 2.29. The lowest BCUT2D eigenvalue weighted by molar-refractivity contribution is -0.384. The Morgan fingerprint density at radius 3 is 2.09 bits per heavy atom. The van der Waals surface area contributed by atoms with Crippen molar-refractivity contribution < 1.29 is 4.92 Å². The van der Waals surface area contributed by atoms with E-state index in [-0.39, 0.29) is 10.6 Å². The highest BCUT2D eigenvalue weighted by Gasteiger charge is 2.10. The molecular formula is C20H15NO2. The summed E-state index contributed by atoms with van der Waals surface area (Å²) in [6, 6.07) is 24.6. The van der Waals surface area contributed by atoms with Crippen LogP contribution in [0, 0.1) is 10.1 Å². The molecular weight excluding hydrogens is 286 g/mol. The molecule has 0 unspecified atom stereocenters. The summed E-state index contributed by atoms with van der Waals surface area (Å²) in [7, 11) is 0. The molecule has 0 spiro atoms. The van der Waals surface area contributed by atoms with E-state index in [1.165, 1.54) is 6.07 Å². The fourth-order valence-corrected chi connectivity index (χ4v) is 2.42. The second-order valence-electron chi connectivity index (χ2n) is 5.14. The number of non-ortho nitro benzene ring substituents is 1. The van der Waals surface area contributed by atoms with Crippen LogP contribution in [0.3, 0.4) is 0 Å².